The topological polar surface area (TPSA) is 123 Å². The zero-order valence-corrected chi connectivity index (χ0v) is 25.0. The minimum Gasteiger partial charge on any atom is -0.495 e. The average molecular weight is 594 g/mol. The van der Waals surface area contributed by atoms with Gasteiger partial charge in [-0.3, -0.25) is 0 Å². The number of hydrogen-bond donors (Lipinski definition) is 2. The highest BCUT2D eigenvalue weighted by Gasteiger charge is 2.25. The van der Waals surface area contributed by atoms with Gasteiger partial charge in [0.2, 0.25) is 5.95 Å². The third-order valence-corrected chi connectivity index (χ3v) is 10.3. The first-order chi connectivity index (χ1) is 18.4. The molecule has 4 rings (SSSR count). The van der Waals surface area contributed by atoms with E-state index in [1.54, 1.807) is 57.5 Å². The minimum atomic E-state index is -3.65. The molecule has 0 aliphatic carbocycles. The van der Waals surface area contributed by atoms with Crippen LogP contribution in [0.4, 0.5) is 28.8 Å². The van der Waals surface area contributed by atoms with Crippen molar-refractivity contribution in [3.63, 3.8) is 0 Å². The number of sulfone groups is 1. The van der Waals surface area contributed by atoms with Gasteiger partial charge in [-0.2, -0.15) is 4.98 Å². The molecule has 0 bridgehead atoms. The predicted octanol–water partition coefficient (Wildman–Crippen LogP) is 4.89. The highest BCUT2D eigenvalue weighted by molar-refractivity contribution is 7.92. The summed E-state index contributed by atoms with van der Waals surface area (Å²) in [6.07, 6.45) is 1.42. The summed E-state index contributed by atoms with van der Waals surface area (Å²) in [7, 11) is -4.60. The first-order valence-electron chi connectivity index (χ1n) is 12.4. The van der Waals surface area contributed by atoms with Crippen molar-refractivity contribution >= 4 is 62.7 Å². The van der Waals surface area contributed by atoms with E-state index in [0.29, 0.717) is 48.7 Å². The molecule has 2 heterocycles. The number of rotatable bonds is 9. The Morgan fingerprint density at radius 3 is 2.41 bits per heavy atom. The highest BCUT2D eigenvalue weighted by atomic mass is 35.5. The lowest BCUT2D eigenvalue weighted by Crippen LogP contribution is -2.36. The van der Waals surface area contributed by atoms with E-state index >= 15 is 0 Å². The molecule has 1 saturated heterocycles. The average Bonchev–Trinajstić information content (AvgIpc) is 2.90. The first kappa shape index (κ1) is 29.1. The summed E-state index contributed by atoms with van der Waals surface area (Å²) in [5, 5.41) is 6.47. The number of ether oxygens (including phenoxy) is 2. The van der Waals surface area contributed by atoms with Crippen LogP contribution in [0, 0.1) is 0 Å². The van der Waals surface area contributed by atoms with Crippen LogP contribution in [0.25, 0.3) is 0 Å². The van der Waals surface area contributed by atoms with E-state index < -0.39 is 22.2 Å². The molecular weight excluding hydrogens is 561 g/mol. The van der Waals surface area contributed by atoms with Crippen molar-refractivity contribution in [3.05, 3.63) is 47.6 Å². The monoisotopic (exact) mass is 593 g/mol. The Kier molecular flexibility index (Phi) is 8.75. The summed E-state index contributed by atoms with van der Waals surface area (Å²) in [5.74, 6) is 0.923. The molecule has 0 amide bonds. The van der Waals surface area contributed by atoms with Gasteiger partial charge < -0.3 is 29.6 Å². The molecule has 39 heavy (non-hydrogen) atoms. The molecule has 3 aromatic rings. The standard InChI is InChI=1S/C26H33ClN5O5PS/c1-17(2)39(34,35)24-14-18(32-10-12-37-13-11-32)6-8-22(24)29-25-20(27)16-28-26(31-25)30-21-9-7-19(38(4,5)33)15-23(21)36-3/h6-9,14-17H,10-13H2,1-5H3,(H2,28,29,30,31). The summed E-state index contributed by atoms with van der Waals surface area (Å²) >= 11 is 6.42. The lowest BCUT2D eigenvalue weighted by atomic mass is 10.2. The number of benzene rings is 2. The van der Waals surface area contributed by atoms with Crippen LogP contribution in [0.15, 0.2) is 47.5 Å². The normalized spacial score (nSPS) is 14.4. The Balaban J connectivity index is 1.68. The number of anilines is 5. The van der Waals surface area contributed by atoms with Crippen LogP contribution in [0.5, 0.6) is 5.75 Å². The predicted molar refractivity (Wildman–Crippen MR) is 157 cm³/mol. The Morgan fingerprint density at radius 1 is 1.08 bits per heavy atom. The maximum absolute atomic E-state index is 13.3. The molecule has 2 aromatic carbocycles. The fraction of sp³-hybridized carbons (Fsp3) is 0.385. The Morgan fingerprint density at radius 2 is 1.77 bits per heavy atom. The third-order valence-electron chi connectivity index (χ3n) is 6.32. The number of morpholine rings is 1. The van der Waals surface area contributed by atoms with Crippen LogP contribution in [0.2, 0.25) is 5.02 Å². The maximum atomic E-state index is 13.3. The lowest BCUT2D eigenvalue weighted by Gasteiger charge is -2.29. The van der Waals surface area contributed by atoms with Gasteiger partial charge in [0.25, 0.3) is 0 Å². The molecule has 0 unspecified atom stereocenters. The van der Waals surface area contributed by atoms with Gasteiger partial charge in [0.1, 0.15) is 17.9 Å². The van der Waals surface area contributed by atoms with Gasteiger partial charge >= 0.3 is 0 Å². The van der Waals surface area contributed by atoms with Crippen LogP contribution in [0.1, 0.15) is 13.8 Å². The molecule has 1 aliphatic rings. The zero-order chi connectivity index (χ0) is 28.4. The van der Waals surface area contributed by atoms with Gasteiger partial charge in [-0.15, -0.1) is 0 Å². The van der Waals surface area contributed by atoms with Crippen molar-refractivity contribution in [2.24, 2.45) is 0 Å². The fourth-order valence-electron chi connectivity index (χ4n) is 4.00. The molecule has 1 fully saturated rings. The molecule has 10 nitrogen and oxygen atoms in total. The van der Waals surface area contributed by atoms with Gasteiger partial charge in [-0.1, -0.05) is 11.6 Å². The van der Waals surface area contributed by atoms with E-state index in [1.165, 1.54) is 13.3 Å². The fourth-order valence-corrected chi connectivity index (χ4v) is 6.22. The lowest BCUT2D eigenvalue weighted by molar-refractivity contribution is 0.122. The van der Waals surface area contributed by atoms with Crippen molar-refractivity contribution in [1.29, 1.82) is 0 Å². The highest BCUT2D eigenvalue weighted by Crippen LogP contribution is 2.38. The van der Waals surface area contributed by atoms with Crippen LogP contribution < -0.4 is 25.6 Å². The molecule has 0 atom stereocenters. The molecular formula is C26H33ClN5O5PS. The number of halogens is 1. The van der Waals surface area contributed by atoms with Crippen molar-refractivity contribution < 1.29 is 22.5 Å². The Bertz CT molecular complexity index is 1510. The summed E-state index contributed by atoms with van der Waals surface area (Å²) in [6, 6.07) is 10.5. The Hall–Kier alpha value is -2.85. The maximum Gasteiger partial charge on any atom is 0.229 e. The van der Waals surface area contributed by atoms with Gasteiger partial charge in [-0.25, -0.2) is 13.4 Å². The van der Waals surface area contributed by atoms with Crippen molar-refractivity contribution in [2.45, 2.75) is 24.0 Å². The van der Waals surface area contributed by atoms with Crippen LogP contribution in [-0.4, -0.2) is 70.4 Å². The van der Waals surface area contributed by atoms with Gasteiger partial charge in [0.15, 0.2) is 15.7 Å². The van der Waals surface area contributed by atoms with E-state index in [-0.39, 0.29) is 21.7 Å². The van der Waals surface area contributed by atoms with E-state index in [4.69, 9.17) is 21.1 Å². The number of nitrogens with zero attached hydrogens (tertiary/aromatic N) is 3. The molecule has 210 valence electrons. The molecule has 0 saturated carbocycles. The first-order valence-corrected chi connectivity index (χ1v) is 16.9. The number of aromatic nitrogens is 2. The molecule has 1 aromatic heterocycles. The number of methoxy groups -OCH3 is 1. The quantitative estimate of drug-likeness (QED) is 0.331. The van der Waals surface area contributed by atoms with E-state index in [1.807, 2.05) is 6.07 Å². The van der Waals surface area contributed by atoms with Crippen LogP contribution >= 0.6 is 18.7 Å². The SMILES string of the molecule is COc1cc(P(C)(C)=O)ccc1Nc1ncc(Cl)c(Nc2ccc(N3CCOCC3)cc2S(=O)(=O)C(C)C)n1. The second-order valence-electron chi connectivity index (χ2n) is 9.75. The number of hydrogen-bond acceptors (Lipinski definition) is 10. The van der Waals surface area contributed by atoms with Crippen LogP contribution in [-0.2, 0) is 19.1 Å². The third kappa shape index (κ3) is 6.66. The summed E-state index contributed by atoms with van der Waals surface area (Å²) in [4.78, 5) is 11.0. The van der Waals surface area contributed by atoms with E-state index in [0.717, 1.165) is 5.69 Å². The van der Waals surface area contributed by atoms with Gasteiger partial charge in [-0.05, 0) is 63.6 Å². The summed E-state index contributed by atoms with van der Waals surface area (Å²) < 4.78 is 50.1. The van der Waals surface area contributed by atoms with Gasteiger partial charge in [0, 0.05) is 24.1 Å². The van der Waals surface area contributed by atoms with Crippen molar-refractivity contribution in [3.8, 4) is 5.75 Å². The number of nitrogens with one attached hydrogen (secondary N) is 2. The smallest absolute Gasteiger partial charge is 0.229 e. The summed E-state index contributed by atoms with van der Waals surface area (Å²) in [6.45, 7) is 9.21. The Labute approximate surface area is 234 Å². The second kappa shape index (κ2) is 11.7. The van der Waals surface area contributed by atoms with Crippen molar-refractivity contribution in [2.75, 3.05) is 62.3 Å². The molecule has 13 heteroatoms. The van der Waals surface area contributed by atoms with Crippen molar-refractivity contribution in [1.82, 2.24) is 9.97 Å². The molecule has 0 spiro atoms. The second-order valence-corrected chi connectivity index (χ2v) is 15.8. The molecule has 1 aliphatic heterocycles. The largest absolute Gasteiger partial charge is 0.495 e. The molecule has 2 N–H and O–H groups in total. The minimum absolute atomic E-state index is 0.159. The van der Waals surface area contributed by atoms with Crippen LogP contribution in [0.3, 0.4) is 0 Å². The zero-order valence-electron chi connectivity index (χ0n) is 22.6. The molecule has 0 radical (unpaired) electrons. The van der Waals surface area contributed by atoms with E-state index in [9.17, 15) is 13.0 Å². The summed E-state index contributed by atoms with van der Waals surface area (Å²) in [5.41, 5.74) is 1.73. The van der Waals surface area contributed by atoms with Gasteiger partial charge in [0.05, 0.1) is 48.0 Å². The van der Waals surface area contributed by atoms with E-state index in [2.05, 4.69) is 25.5 Å².